The van der Waals surface area contributed by atoms with Crippen LogP contribution in [0.3, 0.4) is 0 Å². The first-order chi connectivity index (χ1) is 11.1. The molecular formula is C16H12ClN3O2S. The average Bonchev–Trinajstić information content (AvgIpc) is 3.15. The molecule has 0 saturated carbocycles. The van der Waals surface area contributed by atoms with E-state index in [4.69, 9.17) is 16.1 Å². The molecule has 1 aromatic carbocycles. The average molecular weight is 346 g/mol. The summed E-state index contributed by atoms with van der Waals surface area (Å²) in [5, 5.41) is 9.00. The fourth-order valence-electron chi connectivity index (χ4n) is 1.91. The quantitative estimate of drug-likeness (QED) is 0.711. The number of nitrogens with one attached hydrogen (secondary N) is 1. The molecule has 2 aromatic heterocycles. The maximum absolute atomic E-state index is 12.1. The molecule has 0 spiro atoms. The fraction of sp³-hybridized carbons (Fsp3) is 0.0625. The van der Waals surface area contributed by atoms with E-state index in [0.717, 1.165) is 10.4 Å². The van der Waals surface area contributed by atoms with E-state index in [1.165, 1.54) is 17.4 Å². The van der Waals surface area contributed by atoms with E-state index in [2.05, 4.69) is 15.5 Å². The minimum atomic E-state index is -0.263. The normalized spacial score (nSPS) is 11.0. The minimum absolute atomic E-state index is 0.263. The highest BCUT2D eigenvalue weighted by Gasteiger charge is 2.14. The molecule has 116 valence electrons. The van der Waals surface area contributed by atoms with Gasteiger partial charge in [0.25, 0.3) is 5.89 Å². The monoisotopic (exact) mass is 345 g/mol. The van der Waals surface area contributed by atoms with Crippen molar-refractivity contribution in [2.75, 3.05) is 5.32 Å². The molecule has 0 fully saturated rings. The van der Waals surface area contributed by atoms with Gasteiger partial charge < -0.3 is 9.84 Å². The Bertz CT molecular complexity index is 870. The number of hydrogen-bond acceptors (Lipinski definition) is 5. The fourth-order valence-corrected chi connectivity index (χ4v) is 2.88. The third-order valence-corrected chi connectivity index (χ3v) is 4.21. The molecule has 1 N–H and O–H groups in total. The van der Waals surface area contributed by atoms with Gasteiger partial charge in [0.2, 0.25) is 5.91 Å². The van der Waals surface area contributed by atoms with Crippen molar-refractivity contribution in [2.45, 2.75) is 6.92 Å². The lowest BCUT2D eigenvalue weighted by Crippen LogP contribution is -2.07. The number of aryl methyl sites for hydroxylation is 1. The molecule has 0 radical (unpaired) electrons. The molecule has 2 heterocycles. The Morgan fingerprint density at radius 1 is 1.35 bits per heavy atom. The van der Waals surface area contributed by atoms with Crippen LogP contribution in [0.4, 0.5) is 5.69 Å². The van der Waals surface area contributed by atoms with Gasteiger partial charge in [-0.05, 0) is 36.1 Å². The second kappa shape index (κ2) is 6.76. The lowest BCUT2D eigenvalue weighted by Gasteiger charge is -2.01. The number of amides is 1. The zero-order valence-corrected chi connectivity index (χ0v) is 13.7. The van der Waals surface area contributed by atoms with Gasteiger partial charge in [-0.15, -0.1) is 11.3 Å². The molecule has 5 nitrogen and oxygen atoms in total. The molecule has 0 bridgehead atoms. The zero-order chi connectivity index (χ0) is 16.2. The van der Waals surface area contributed by atoms with Crippen LogP contribution in [0.2, 0.25) is 5.02 Å². The molecular weight excluding hydrogens is 334 g/mol. The first-order valence-corrected chi connectivity index (χ1v) is 8.01. The molecule has 0 aliphatic rings. The number of hydrogen-bond donors (Lipinski definition) is 1. The predicted octanol–water partition coefficient (Wildman–Crippen LogP) is 4.41. The molecule has 0 aliphatic heterocycles. The number of anilines is 1. The number of rotatable bonds is 4. The summed E-state index contributed by atoms with van der Waals surface area (Å²) in [6.07, 6.45) is 3.10. The lowest BCUT2D eigenvalue weighted by molar-refractivity contribution is -0.111. The van der Waals surface area contributed by atoms with E-state index in [-0.39, 0.29) is 5.91 Å². The number of carbonyl (C=O) groups is 1. The van der Waals surface area contributed by atoms with Gasteiger partial charge in [-0.1, -0.05) is 35.0 Å². The van der Waals surface area contributed by atoms with Crippen molar-refractivity contribution in [3.05, 3.63) is 58.2 Å². The highest BCUT2D eigenvalue weighted by molar-refractivity contribution is 7.14. The van der Waals surface area contributed by atoms with Crippen molar-refractivity contribution in [1.29, 1.82) is 0 Å². The Morgan fingerprint density at radius 3 is 2.91 bits per heavy atom. The SMILES string of the molecule is Cc1noc(-c2sccc2NC(=O)/C=C/c2ccccc2Cl)n1. The van der Waals surface area contributed by atoms with Crippen LogP contribution in [0.25, 0.3) is 16.8 Å². The lowest BCUT2D eigenvalue weighted by atomic mass is 10.2. The zero-order valence-electron chi connectivity index (χ0n) is 12.1. The first-order valence-electron chi connectivity index (χ1n) is 6.75. The van der Waals surface area contributed by atoms with Crippen molar-refractivity contribution in [3.63, 3.8) is 0 Å². The van der Waals surface area contributed by atoms with Gasteiger partial charge in [0, 0.05) is 11.1 Å². The van der Waals surface area contributed by atoms with Crippen molar-refractivity contribution < 1.29 is 9.32 Å². The molecule has 23 heavy (non-hydrogen) atoms. The second-order valence-corrected chi connectivity index (χ2v) is 5.98. The molecule has 0 unspecified atom stereocenters. The summed E-state index contributed by atoms with van der Waals surface area (Å²) in [6.45, 7) is 1.74. The van der Waals surface area contributed by atoms with Gasteiger partial charge >= 0.3 is 0 Å². The maximum atomic E-state index is 12.1. The molecule has 0 aliphatic carbocycles. The van der Waals surface area contributed by atoms with Crippen LogP contribution in [0.15, 0.2) is 46.3 Å². The van der Waals surface area contributed by atoms with E-state index >= 15 is 0 Å². The Labute approximate surface area is 141 Å². The molecule has 1 amide bonds. The summed E-state index contributed by atoms with van der Waals surface area (Å²) in [6, 6.07) is 9.10. The van der Waals surface area contributed by atoms with Crippen molar-refractivity contribution in [1.82, 2.24) is 10.1 Å². The van der Waals surface area contributed by atoms with Crippen LogP contribution in [-0.4, -0.2) is 16.0 Å². The standard InChI is InChI=1S/C16H12ClN3O2S/c1-10-18-16(22-20-10)15-13(8-9-23-15)19-14(21)7-6-11-4-2-3-5-12(11)17/h2-9H,1H3,(H,19,21)/b7-6+. The molecule has 3 rings (SSSR count). The molecule has 3 aromatic rings. The topological polar surface area (TPSA) is 68.0 Å². The Kier molecular flexibility index (Phi) is 4.55. The number of carbonyl (C=O) groups excluding carboxylic acids is 1. The van der Waals surface area contributed by atoms with Crippen LogP contribution in [0.5, 0.6) is 0 Å². The predicted molar refractivity (Wildman–Crippen MR) is 91.5 cm³/mol. The van der Waals surface area contributed by atoms with Gasteiger partial charge in [0.15, 0.2) is 5.82 Å². The summed E-state index contributed by atoms with van der Waals surface area (Å²) >= 11 is 7.47. The summed E-state index contributed by atoms with van der Waals surface area (Å²) in [5.41, 5.74) is 1.41. The van der Waals surface area contributed by atoms with Crippen molar-refractivity contribution in [3.8, 4) is 10.8 Å². The van der Waals surface area contributed by atoms with Gasteiger partial charge in [-0.25, -0.2) is 0 Å². The third-order valence-electron chi connectivity index (χ3n) is 2.96. The van der Waals surface area contributed by atoms with Crippen LogP contribution in [0.1, 0.15) is 11.4 Å². The highest BCUT2D eigenvalue weighted by Crippen LogP contribution is 2.32. The van der Waals surface area contributed by atoms with E-state index in [9.17, 15) is 4.79 Å². The van der Waals surface area contributed by atoms with E-state index in [1.807, 2.05) is 23.6 Å². The van der Waals surface area contributed by atoms with Crippen molar-refractivity contribution >= 4 is 40.6 Å². The van der Waals surface area contributed by atoms with Crippen LogP contribution < -0.4 is 5.32 Å². The van der Waals surface area contributed by atoms with Gasteiger partial charge in [-0.2, -0.15) is 4.98 Å². The molecule has 7 heteroatoms. The summed E-state index contributed by atoms with van der Waals surface area (Å²) in [5.74, 6) is 0.674. The Hall–Kier alpha value is -2.44. The Morgan fingerprint density at radius 2 is 2.17 bits per heavy atom. The van der Waals surface area contributed by atoms with E-state index < -0.39 is 0 Å². The van der Waals surface area contributed by atoms with Gasteiger partial charge in [-0.3, -0.25) is 4.79 Å². The largest absolute Gasteiger partial charge is 0.333 e. The number of halogens is 1. The molecule has 0 atom stereocenters. The summed E-state index contributed by atoms with van der Waals surface area (Å²) in [4.78, 5) is 17.0. The number of nitrogens with zero attached hydrogens (tertiary/aromatic N) is 2. The van der Waals surface area contributed by atoms with Crippen molar-refractivity contribution in [2.24, 2.45) is 0 Å². The van der Waals surface area contributed by atoms with Crippen LogP contribution >= 0.6 is 22.9 Å². The second-order valence-electron chi connectivity index (χ2n) is 4.65. The van der Waals surface area contributed by atoms with E-state index in [0.29, 0.717) is 22.4 Å². The molecule has 0 saturated heterocycles. The smallest absolute Gasteiger partial charge is 0.270 e. The van der Waals surface area contributed by atoms with Gasteiger partial charge in [0.1, 0.15) is 4.88 Å². The number of thiophene rings is 1. The maximum Gasteiger partial charge on any atom is 0.270 e. The van der Waals surface area contributed by atoms with Crippen LogP contribution in [0, 0.1) is 6.92 Å². The number of benzene rings is 1. The van der Waals surface area contributed by atoms with Gasteiger partial charge in [0.05, 0.1) is 5.69 Å². The number of aromatic nitrogens is 2. The first kappa shape index (κ1) is 15.5. The highest BCUT2D eigenvalue weighted by atomic mass is 35.5. The third kappa shape index (κ3) is 3.67. The minimum Gasteiger partial charge on any atom is -0.333 e. The summed E-state index contributed by atoms with van der Waals surface area (Å²) < 4.78 is 5.14. The van der Waals surface area contributed by atoms with Crippen LogP contribution in [-0.2, 0) is 4.79 Å². The summed E-state index contributed by atoms with van der Waals surface area (Å²) in [7, 11) is 0. The Balaban J connectivity index is 1.74. The van der Waals surface area contributed by atoms with E-state index in [1.54, 1.807) is 25.1 Å².